The van der Waals surface area contributed by atoms with Crippen molar-refractivity contribution in [3.8, 4) is 5.75 Å². The Bertz CT molecular complexity index is 784. The van der Waals surface area contributed by atoms with Crippen LogP contribution < -0.4 is 5.32 Å². The lowest BCUT2D eigenvalue weighted by atomic mass is 9.95. The van der Waals surface area contributed by atoms with Crippen LogP contribution in [0.25, 0.3) is 0 Å². The third kappa shape index (κ3) is 5.09. The van der Waals surface area contributed by atoms with Gasteiger partial charge in [0.15, 0.2) is 0 Å². The van der Waals surface area contributed by atoms with Gasteiger partial charge in [0, 0.05) is 30.8 Å². The minimum atomic E-state index is -0.126. The van der Waals surface area contributed by atoms with Crippen molar-refractivity contribution in [2.45, 2.75) is 45.1 Å². The molecule has 1 heterocycles. The zero-order valence-corrected chi connectivity index (χ0v) is 15.6. The van der Waals surface area contributed by atoms with Crippen molar-refractivity contribution in [2.24, 2.45) is 0 Å². The molecule has 5 heteroatoms. The number of aryl methyl sites for hydroxylation is 1. The molecule has 2 aromatic rings. The maximum absolute atomic E-state index is 13.0. The quantitative estimate of drug-likeness (QED) is 0.841. The SMILES string of the molecule is CC(=O)Nc1ccc(C(=O)N2CCCC[C@@H]2CCc2ccc(O)cc2)cc1. The monoisotopic (exact) mass is 366 g/mol. The molecule has 0 spiro atoms. The highest BCUT2D eigenvalue weighted by Crippen LogP contribution is 2.24. The van der Waals surface area contributed by atoms with Crippen LogP contribution in [0.5, 0.6) is 5.75 Å². The Morgan fingerprint density at radius 2 is 1.78 bits per heavy atom. The number of nitrogens with zero attached hydrogens (tertiary/aromatic N) is 1. The number of benzene rings is 2. The fourth-order valence-corrected chi connectivity index (χ4v) is 3.63. The van der Waals surface area contributed by atoms with Crippen molar-refractivity contribution >= 4 is 17.5 Å². The maximum atomic E-state index is 13.0. The first-order chi connectivity index (χ1) is 13.0. The molecular formula is C22H26N2O3. The summed E-state index contributed by atoms with van der Waals surface area (Å²) in [4.78, 5) is 26.1. The number of piperidine rings is 1. The summed E-state index contributed by atoms with van der Waals surface area (Å²) >= 11 is 0. The molecule has 0 saturated carbocycles. The number of likely N-dealkylation sites (tertiary alicyclic amines) is 1. The second kappa shape index (κ2) is 8.71. The molecule has 0 aromatic heterocycles. The molecule has 1 atom stereocenters. The van der Waals surface area contributed by atoms with E-state index in [2.05, 4.69) is 5.32 Å². The molecule has 27 heavy (non-hydrogen) atoms. The van der Waals surface area contributed by atoms with Gasteiger partial charge >= 0.3 is 0 Å². The third-order valence-electron chi connectivity index (χ3n) is 5.04. The number of nitrogens with one attached hydrogen (secondary N) is 1. The largest absolute Gasteiger partial charge is 0.508 e. The molecule has 0 aliphatic carbocycles. The van der Waals surface area contributed by atoms with Crippen molar-refractivity contribution in [2.75, 3.05) is 11.9 Å². The van der Waals surface area contributed by atoms with Gasteiger partial charge < -0.3 is 15.3 Å². The Kier molecular flexibility index (Phi) is 6.12. The van der Waals surface area contributed by atoms with Gasteiger partial charge in [0.1, 0.15) is 5.75 Å². The van der Waals surface area contributed by atoms with E-state index < -0.39 is 0 Å². The third-order valence-corrected chi connectivity index (χ3v) is 5.04. The Morgan fingerprint density at radius 1 is 1.07 bits per heavy atom. The Labute approximate surface area is 160 Å². The summed E-state index contributed by atoms with van der Waals surface area (Å²) in [6, 6.07) is 14.6. The van der Waals surface area contributed by atoms with Crippen molar-refractivity contribution in [1.82, 2.24) is 4.90 Å². The number of hydrogen-bond donors (Lipinski definition) is 2. The first-order valence-corrected chi connectivity index (χ1v) is 9.49. The molecule has 2 amide bonds. The standard InChI is InChI=1S/C22H26N2O3/c1-16(25)23-19-10-8-18(9-11-19)22(27)24-15-3-2-4-20(24)12-5-17-6-13-21(26)14-7-17/h6-11,13-14,20,26H,2-5,12,15H2,1H3,(H,23,25)/t20-/m1/s1. The van der Waals surface area contributed by atoms with Crippen LogP contribution in [0, 0.1) is 0 Å². The maximum Gasteiger partial charge on any atom is 0.254 e. The number of rotatable bonds is 5. The van der Waals surface area contributed by atoms with Crippen LogP contribution in [0.1, 0.15) is 48.5 Å². The lowest BCUT2D eigenvalue weighted by molar-refractivity contribution is -0.114. The fourth-order valence-electron chi connectivity index (χ4n) is 3.63. The number of carbonyl (C=O) groups excluding carboxylic acids is 2. The smallest absolute Gasteiger partial charge is 0.254 e. The summed E-state index contributed by atoms with van der Waals surface area (Å²) in [6.45, 7) is 2.25. The molecule has 2 aromatic carbocycles. The van der Waals surface area contributed by atoms with Gasteiger partial charge in [-0.2, -0.15) is 0 Å². The Morgan fingerprint density at radius 3 is 2.44 bits per heavy atom. The summed E-state index contributed by atoms with van der Waals surface area (Å²) in [5.41, 5.74) is 2.52. The van der Waals surface area contributed by atoms with E-state index in [-0.39, 0.29) is 23.6 Å². The van der Waals surface area contributed by atoms with Gasteiger partial charge in [-0.1, -0.05) is 12.1 Å². The molecule has 3 rings (SSSR count). The molecule has 1 saturated heterocycles. The van der Waals surface area contributed by atoms with E-state index in [1.165, 1.54) is 12.5 Å². The summed E-state index contributed by atoms with van der Waals surface area (Å²) in [5.74, 6) is 0.204. The molecule has 142 valence electrons. The van der Waals surface area contributed by atoms with Crippen molar-refractivity contribution in [1.29, 1.82) is 0 Å². The molecular weight excluding hydrogens is 340 g/mol. The van der Waals surface area contributed by atoms with Crippen LogP contribution in [-0.4, -0.2) is 34.4 Å². The van der Waals surface area contributed by atoms with Crippen molar-refractivity contribution < 1.29 is 14.7 Å². The zero-order valence-electron chi connectivity index (χ0n) is 15.6. The molecule has 0 unspecified atom stereocenters. The van der Waals surface area contributed by atoms with Crippen LogP contribution in [0.3, 0.4) is 0 Å². The van der Waals surface area contributed by atoms with Crippen molar-refractivity contribution in [3.63, 3.8) is 0 Å². The minimum absolute atomic E-state index is 0.0554. The number of phenolic OH excluding ortho intramolecular Hbond substituents is 1. The van der Waals surface area contributed by atoms with E-state index in [1.54, 1.807) is 36.4 Å². The average molecular weight is 366 g/mol. The van der Waals surface area contributed by atoms with E-state index in [1.807, 2.05) is 17.0 Å². The van der Waals surface area contributed by atoms with E-state index in [0.29, 0.717) is 11.3 Å². The number of aromatic hydroxyl groups is 1. The predicted molar refractivity (Wildman–Crippen MR) is 106 cm³/mol. The van der Waals surface area contributed by atoms with Gasteiger partial charge in [0.05, 0.1) is 0 Å². The number of anilines is 1. The van der Waals surface area contributed by atoms with Crippen LogP contribution in [0.4, 0.5) is 5.69 Å². The first kappa shape index (κ1) is 19.0. The van der Waals surface area contributed by atoms with Crippen LogP contribution in [0.15, 0.2) is 48.5 Å². The highest BCUT2D eigenvalue weighted by Gasteiger charge is 2.27. The topological polar surface area (TPSA) is 69.6 Å². The highest BCUT2D eigenvalue weighted by atomic mass is 16.3. The van der Waals surface area contributed by atoms with Gasteiger partial charge in [-0.05, 0) is 74.1 Å². The summed E-state index contributed by atoms with van der Waals surface area (Å²) in [5, 5.41) is 12.1. The van der Waals surface area contributed by atoms with Gasteiger partial charge in [-0.3, -0.25) is 9.59 Å². The van der Waals surface area contributed by atoms with E-state index in [9.17, 15) is 14.7 Å². The molecule has 1 fully saturated rings. The van der Waals surface area contributed by atoms with E-state index in [4.69, 9.17) is 0 Å². The average Bonchev–Trinajstić information content (AvgIpc) is 2.67. The molecule has 1 aliphatic rings. The second-order valence-electron chi connectivity index (χ2n) is 7.11. The normalized spacial score (nSPS) is 16.8. The zero-order chi connectivity index (χ0) is 19.2. The highest BCUT2D eigenvalue weighted by molar-refractivity contribution is 5.95. The molecule has 5 nitrogen and oxygen atoms in total. The second-order valence-corrected chi connectivity index (χ2v) is 7.11. The summed E-state index contributed by atoms with van der Waals surface area (Å²) < 4.78 is 0. The van der Waals surface area contributed by atoms with Crippen LogP contribution in [0.2, 0.25) is 0 Å². The number of amides is 2. The Balaban J connectivity index is 1.65. The summed E-state index contributed by atoms with van der Waals surface area (Å²) in [7, 11) is 0. The number of hydrogen-bond acceptors (Lipinski definition) is 3. The van der Waals surface area contributed by atoms with Crippen LogP contribution in [-0.2, 0) is 11.2 Å². The fraction of sp³-hybridized carbons (Fsp3) is 0.364. The lowest BCUT2D eigenvalue weighted by Gasteiger charge is -2.36. The van der Waals surface area contributed by atoms with E-state index in [0.717, 1.165) is 38.6 Å². The molecule has 1 aliphatic heterocycles. The van der Waals surface area contributed by atoms with Crippen LogP contribution >= 0.6 is 0 Å². The van der Waals surface area contributed by atoms with Crippen molar-refractivity contribution in [3.05, 3.63) is 59.7 Å². The molecule has 0 bridgehead atoms. The van der Waals surface area contributed by atoms with Gasteiger partial charge in [0.2, 0.25) is 5.91 Å². The Hall–Kier alpha value is -2.82. The van der Waals surface area contributed by atoms with Gasteiger partial charge in [-0.15, -0.1) is 0 Å². The van der Waals surface area contributed by atoms with E-state index >= 15 is 0 Å². The first-order valence-electron chi connectivity index (χ1n) is 9.49. The molecule has 2 N–H and O–H groups in total. The van der Waals surface area contributed by atoms with Gasteiger partial charge in [-0.25, -0.2) is 0 Å². The number of phenols is 1. The number of carbonyl (C=O) groups is 2. The predicted octanol–water partition coefficient (Wildman–Crippen LogP) is 3.98. The lowest BCUT2D eigenvalue weighted by Crippen LogP contribution is -2.44. The molecule has 0 radical (unpaired) electrons. The van der Waals surface area contributed by atoms with Gasteiger partial charge in [0.25, 0.3) is 5.91 Å². The minimum Gasteiger partial charge on any atom is -0.508 e. The summed E-state index contributed by atoms with van der Waals surface area (Å²) in [6.07, 6.45) is 5.00.